The van der Waals surface area contributed by atoms with E-state index in [1.165, 1.54) is 0 Å². The van der Waals surface area contributed by atoms with Gasteiger partial charge >= 0.3 is 5.97 Å². The summed E-state index contributed by atoms with van der Waals surface area (Å²) in [6.07, 6.45) is 1.54. The molecule has 0 spiro atoms. The predicted octanol–water partition coefficient (Wildman–Crippen LogP) is 4.86. The van der Waals surface area contributed by atoms with E-state index in [-0.39, 0.29) is 24.4 Å². The molecule has 8 nitrogen and oxygen atoms in total. The highest BCUT2D eigenvalue weighted by atomic mass is 16.5. The molecule has 0 bridgehead atoms. The molecule has 0 aliphatic heterocycles. The zero-order valence-electron chi connectivity index (χ0n) is 20.8. The zero-order valence-corrected chi connectivity index (χ0v) is 20.8. The fraction of sp³-hybridized carbons (Fsp3) is 0.250. The Balaban J connectivity index is 1.59. The summed E-state index contributed by atoms with van der Waals surface area (Å²) < 4.78 is 21.7. The quantitative estimate of drug-likeness (QED) is 0.234. The van der Waals surface area contributed by atoms with E-state index in [0.717, 1.165) is 11.1 Å². The molecule has 8 heteroatoms. The van der Waals surface area contributed by atoms with Crippen LogP contribution in [0, 0.1) is 5.92 Å². The number of hydrogen-bond donors (Lipinski definition) is 1. The summed E-state index contributed by atoms with van der Waals surface area (Å²) in [4.78, 5) is 24.3. The first-order valence-corrected chi connectivity index (χ1v) is 11.4. The van der Waals surface area contributed by atoms with Crippen LogP contribution in [0.2, 0.25) is 0 Å². The van der Waals surface area contributed by atoms with Crippen LogP contribution < -0.4 is 19.6 Å². The minimum atomic E-state index is -0.358. The van der Waals surface area contributed by atoms with Gasteiger partial charge in [-0.25, -0.2) is 10.2 Å². The summed E-state index contributed by atoms with van der Waals surface area (Å²) in [7, 11) is 3.15. The third-order valence-electron chi connectivity index (χ3n) is 5.07. The van der Waals surface area contributed by atoms with Crippen LogP contribution in [0.1, 0.15) is 45.7 Å². The van der Waals surface area contributed by atoms with Gasteiger partial charge in [0.2, 0.25) is 0 Å². The van der Waals surface area contributed by atoms with Gasteiger partial charge in [-0.15, -0.1) is 0 Å². The van der Waals surface area contributed by atoms with Gasteiger partial charge in [0.25, 0.3) is 5.91 Å². The fourth-order valence-corrected chi connectivity index (χ4v) is 3.14. The van der Waals surface area contributed by atoms with Gasteiger partial charge in [0, 0.05) is 11.1 Å². The van der Waals surface area contributed by atoms with Crippen LogP contribution >= 0.6 is 0 Å². The van der Waals surface area contributed by atoms with E-state index in [9.17, 15) is 9.59 Å². The number of hydrogen-bond acceptors (Lipinski definition) is 7. The Bertz CT molecular complexity index is 1190. The number of ether oxygens (including phenoxy) is 4. The van der Waals surface area contributed by atoms with Crippen LogP contribution in [0.5, 0.6) is 17.2 Å². The zero-order chi connectivity index (χ0) is 25.9. The molecular weight excluding hydrogens is 460 g/mol. The van der Waals surface area contributed by atoms with Crippen molar-refractivity contribution in [2.75, 3.05) is 20.8 Å². The Morgan fingerprint density at radius 1 is 0.889 bits per heavy atom. The summed E-state index contributed by atoms with van der Waals surface area (Å²) in [6.45, 7) is 4.58. The predicted molar refractivity (Wildman–Crippen MR) is 137 cm³/mol. The number of carbonyl (C=O) groups is 2. The Labute approximate surface area is 210 Å². The molecule has 0 unspecified atom stereocenters. The molecule has 3 aromatic rings. The van der Waals surface area contributed by atoms with E-state index in [4.69, 9.17) is 18.9 Å². The van der Waals surface area contributed by atoms with E-state index < -0.39 is 0 Å². The first kappa shape index (κ1) is 26.3. The molecule has 0 saturated carbocycles. The van der Waals surface area contributed by atoms with Crippen LogP contribution in [-0.2, 0) is 11.3 Å². The number of hydrazone groups is 1. The highest BCUT2D eigenvalue weighted by molar-refractivity contribution is 5.95. The molecule has 0 atom stereocenters. The Morgan fingerprint density at radius 2 is 1.56 bits per heavy atom. The minimum absolute atomic E-state index is 0.236. The van der Waals surface area contributed by atoms with Gasteiger partial charge in [0.15, 0.2) is 0 Å². The average molecular weight is 491 g/mol. The lowest BCUT2D eigenvalue weighted by Gasteiger charge is -2.12. The summed E-state index contributed by atoms with van der Waals surface area (Å²) in [5.41, 5.74) is 5.00. The molecule has 1 amide bonds. The number of nitrogens with one attached hydrogen (secondary N) is 1. The smallest absolute Gasteiger partial charge is 0.338 e. The van der Waals surface area contributed by atoms with Crippen molar-refractivity contribution in [1.29, 1.82) is 0 Å². The molecule has 0 heterocycles. The molecule has 36 heavy (non-hydrogen) atoms. The second-order valence-electron chi connectivity index (χ2n) is 8.30. The van der Waals surface area contributed by atoms with Crippen molar-refractivity contribution in [3.8, 4) is 17.2 Å². The van der Waals surface area contributed by atoms with Crippen molar-refractivity contribution in [3.63, 3.8) is 0 Å². The highest BCUT2D eigenvalue weighted by Crippen LogP contribution is 2.22. The number of methoxy groups -OCH3 is 2. The molecule has 0 aliphatic rings. The number of rotatable bonds is 11. The van der Waals surface area contributed by atoms with E-state index in [1.807, 2.05) is 26.0 Å². The summed E-state index contributed by atoms with van der Waals surface area (Å²) in [5, 5.41) is 4.05. The highest BCUT2D eigenvalue weighted by Gasteiger charge is 2.10. The summed E-state index contributed by atoms with van der Waals surface area (Å²) >= 11 is 0. The molecule has 0 aromatic heterocycles. The van der Waals surface area contributed by atoms with Gasteiger partial charge < -0.3 is 18.9 Å². The van der Waals surface area contributed by atoms with Gasteiger partial charge in [0.05, 0.1) is 32.6 Å². The molecule has 3 aromatic carbocycles. The summed E-state index contributed by atoms with van der Waals surface area (Å²) in [5.74, 6) is 1.51. The lowest BCUT2D eigenvalue weighted by Crippen LogP contribution is -2.17. The first-order chi connectivity index (χ1) is 17.4. The van der Waals surface area contributed by atoms with Crippen LogP contribution in [0.25, 0.3) is 0 Å². The SMILES string of the molecule is COc1ccc(C(=O)N/N=C\c2ccc(OC)c(COc3ccc(C(=O)OCC(C)C)cc3)c2)cc1. The third kappa shape index (κ3) is 7.59. The second kappa shape index (κ2) is 12.9. The molecule has 0 saturated heterocycles. The number of carbonyl (C=O) groups excluding carboxylic acids is 2. The maximum atomic E-state index is 12.3. The maximum absolute atomic E-state index is 12.3. The molecule has 0 radical (unpaired) electrons. The first-order valence-electron chi connectivity index (χ1n) is 11.4. The number of esters is 1. The summed E-state index contributed by atoms with van der Waals surface area (Å²) in [6, 6.07) is 19.0. The van der Waals surface area contributed by atoms with Crippen LogP contribution in [0.4, 0.5) is 0 Å². The van der Waals surface area contributed by atoms with E-state index in [0.29, 0.717) is 35.0 Å². The van der Waals surface area contributed by atoms with Gasteiger partial charge in [-0.2, -0.15) is 5.10 Å². The molecular formula is C28H30N2O6. The molecule has 188 valence electrons. The van der Waals surface area contributed by atoms with Crippen molar-refractivity contribution in [1.82, 2.24) is 5.43 Å². The topological polar surface area (TPSA) is 95.5 Å². The maximum Gasteiger partial charge on any atom is 0.338 e. The van der Waals surface area contributed by atoms with Crippen molar-refractivity contribution in [2.24, 2.45) is 11.0 Å². The molecule has 3 rings (SSSR count). The van der Waals surface area contributed by atoms with E-state index in [1.54, 1.807) is 75.0 Å². The second-order valence-corrected chi connectivity index (χ2v) is 8.30. The fourth-order valence-electron chi connectivity index (χ4n) is 3.14. The van der Waals surface area contributed by atoms with E-state index in [2.05, 4.69) is 10.5 Å². The molecule has 0 aliphatic carbocycles. The Morgan fingerprint density at radius 3 is 2.19 bits per heavy atom. The van der Waals surface area contributed by atoms with Gasteiger partial charge in [-0.1, -0.05) is 13.8 Å². The lowest BCUT2D eigenvalue weighted by molar-refractivity contribution is 0.0459. The third-order valence-corrected chi connectivity index (χ3v) is 5.07. The van der Waals surface area contributed by atoms with Gasteiger partial charge in [0.1, 0.15) is 23.9 Å². The van der Waals surface area contributed by atoms with Gasteiger partial charge in [-0.05, 0) is 78.2 Å². The largest absolute Gasteiger partial charge is 0.497 e. The van der Waals surface area contributed by atoms with Crippen LogP contribution in [0.15, 0.2) is 71.8 Å². The normalized spacial score (nSPS) is 10.8. The molecule has 1 N–H and O–H groups in total. The van der Waals surface area contributed by atoms with Crippen molar-refractivity contribution >= 4 is 18.1 Å². The van der Waals surface area contributed by atoms with Gasteiger partial charge in [-0.3, -0.25) is 4.79 Å². The average Bonchev–Trinajstić information content (AvgIpc) is 2.90. The monoisotopic (exact) mass is 490 g/mol. The Hall–Kier alpha value is -4.33. The van der Waals surface area contributed by atoms with E-state index >= 15 is 0 Å². The number of nitrogens with zero attached hydrogens (tertiary/aromatic N) is 1. The lowest BCUT2D eigenvalue weighted by atomic mass is 10.1. The number of benzene rings is 3. The van der Waals surface area contributed by atoms with Crippen molar-refractivity contribution in [3.05, 3.63) is 89.0 Å². The van der Waals surface area contributed by atoms with Crippen molar-refractivity contribution in [2.45, 2.75) is 20.5 Å². The Kier molecular flexibility index (Phi) is 9.45. The van der Waals surface area contributed by atoms with Crippen LogP contribution in [-0.4, -0.2) is 38.9 Å². The standard InChI is InChI=1S/C28H30N2O6/c1-19(2)17-36-28(32)22-8-12-25(13-9-22)35-18-23-15-20(5-14-26(23)34-4)16-29-30-27(31)21-6-10-24(33-3)11-7-21/h5-16,19H,17-18H2,1-4H3,(H,30,31)/b29-16-. The number of amides is 1. The minimum Gasteiger partial charge on any atom is -0.497 e. The van der Waals surface area contributed by atoms with Crippen LogP contribution in [0.3, 0.4) is 0 Å². The van der Waals surface area contributed by atoms with Crippen molar-refractivity contribution < 1.29 is 28.5 Å². The molecule has 0 fully saturated rings.